The fourth-order valence-corrected chi connectivity index (χ4v) is 2.94. The van der Waals surface area contributed by atoms with Crippen LogP contribution < -0.4 is 0 Å². The Morgan fingerprint density at radius 1 is 0.870 bits per heavy atom. The number of hydrogen-bond acceptors (Lipinski definition) is 2. The number of esters is 1. The van der Waals surface area contributed by atoms with Gasteiger partial charge in [-0.3, -0.25) is 0 Å². The van der Waals surface area contributed by atoms with Gasteiger partial charge in [0.15, 0.2) is 0 Å². The molecule has 0 spiro atoms. The molecule has 0 saturated heterocycles. The van der Waals surface area contributed by atoms with Crippen LogP contribution in [0, 0.1) is 5.92 Å². The first-order valence-corrected chi connectivity index (χ1v) is 9.94. The summed E-state index contributed by atoms with van der Waals surface area (Å²) in [5, 5.41) is 0. The van der Waals surface area contributed by atoms with Crippen molar-refractivity contribution in [1.29, 1.82) is 0 Å². The highest BCUT2D eigenvalue weighted by Gasteiger charge is 2.06. The summed E-state index contributed by atoms with van der Waals surface area (Å²) in [6, 6.07) is 0. The van der Waals surface area contributed by atoms with Gasteiger partial charge in [0.05, 0.1) is 6.61 Å². The third kappa shape index (κ3) is 14.5. The number of carbonyl (C=O) groups excluding carboxylic acids is 1. The third-order valence-electron chi connectivity index (χ3n) is 4.63. The molecular weight excluding hydrogens is 284 g/mol. The van der Waals surface area contributed by atoms with Crippen molar-refractivity contribution in [3.8, 4) is 0 Å². The van der Waals surface area contributed by atoms with Gasteiger partial charge >= 0.3 is 5.97 Å². The largest absolute Gasteiger partial charge is 0.462 e. The van der Waals surface area contributed by atoms with Crippen LogP contribution >= 0.6 is 0 Å². The van der Waals surface area contributed by atoms with E-state index in [2.05, 4.69) is 20.4 Å². The molecule has 0 heterocycles. The van der Waals surface area contributed by atoms with Gasteiger partial charge in [0.1, 0.15) is 0 Å². The lowest BCUT2D eigenvalue weighted by Gasteiger charge is -2.14. The van der Waals surface area contributed by atoms with Gasteiger partial charge in [0, 0.05) is 5.57 Å². The highest BCUT2D eigenvalue weighted by atomic mass is 16.5. The van der Waals surface area contributed by atoms with Crippen LogP contribution in [0.3, 0.4) is 0 Å². The quantitative estimate of drug-likeness (QED) is 0.177. The molecule has 2 heteroatoms. The number of rotatable bonds is 16. The molecule has 1 unspecified atom stereocenters. The van der Waals surface area contributed by atoms with Crippen LogP contribution in [0.1, 0.15) is 104 Å². The van der Waals surface area contributed by atoms with Crippen LogP contribution in [0.15, 0.2) is 12.2 Å². The van der Waals surface area contributed by atoms with E-state index in [0.29, 0.717) is 12.2 Å². The molecule has 0 N–H and O–H groups in total. The molecule has 1 atom stereocenters. The first-order valence-electron chi connectivity index (χ1n) is 9.94. The van der Waals surface area contributed by atoms with Crippen LogP contribution in [-0.4, -0.2) is 12.6 Å². The summed E-state index contributed by atoms with van der Waals surface area (Å²) >= 11 is 0. The Bertz CT molecular complexity index is 296. The summed E-state index contributed by atoms with van der Waals surface area (Å²) in [7, 11) is 0. The SMILES string of the molecule is C=C(C)C(=O)OCCCCCCCC(CC)CCCCCCC. The molecular formula is C21H40O2. The molecule has 0 bridgehead atoms. The predicted molar refractivity (Wildman–Crippen MR) is 101 cm³/mol. The topological polar surface area (TPSA) is 26.3 Å². The zero-order valence-electron chi connectivity index (χ0n) is 16.0. The van der Waals surface area contributed by atoms with Crippen molar-refractivity contribution in [3.63, 3.8) is 0 Å². The second-order valence-corrected chi connectivity index (χ2v) is 6.95. The van der Waals surface area contributed by atoms with E-state index in [1.54, 1.807) is 6.92 Å². The predicted octanol–water partition coefficient (Wildman–Crippen LogP) is 6.83. The molecule has 0 amide bonds. The molecule has 23 heavy (non-hydrogen) atoms. The average molecular weight is 325 g/mol. The van der Waals surface area contributed by atoms with Crippen molar-refractivity contribution < 1.29 is 9.53 Å². The van der Waals surface area contributed by atoms with Gasteiger partial charge in [-0.2, -0.15) is 0 Å². The lowest BCUT2D eigenvalue weighted by Crippen LogP contribution is -2.06. The van der Waals surface area contributed by atoms with Crippen LogP contribution in [0.5, 0.6) is 0 Å². The van der Waals surface area contributed by atoms with E-state index in [4.69, 9.17) is 4.74 Å². The molecule has 0 saturated carbocycles. The first kappa shape index (κ1) is 22.2. The number of ether oxygens (including phenoxy) is 1. The Kier molecular flexibility index (Phi) is 15.5. The van der Waals surface area contributed by atoms with Crippen molar-refractivity contribution in [2.75, 3.05) is 6.61 Å². The maximum absolute atomic E-state index is 11.2. The summed E-state index contributed by atoms with van der Waals surface area (Å²) in [5.74, 6) is 0.683. The van der Waals surface area contributed by atoms with Gasteiger partial charge in [-0.25, -0.2) is 4.79 Å². The molecule has 0 aliphatic rings. The second kappa shape index (κ2) is 16.1. The molecule has 0 aliphatic carbocycles. The van der Waals surface area contributed by atoms with Gasteiger partial charge in [0.25, 0.3) is 0 Å². The Hall–Kier alpha value is -0.790. The molecule has 0 rings (SSSR count). The van der Waals surface area contributed by atoms with Crippen molar-refractivity contribution in [1.82, 2.24) is 0 Å². The van der Waals surface area contributed by atoms with E-state index in [9.17, 15) is 4.79 Å². The monoisotopic (exact) mass is 324 g/mol. The summed E-state index contributed by atoms with van der Waals surface area (Å²) in [5.41, 5.74) is 0.491. The van der Waals surface area contributed by atoms with Gasteiger partial charge in [0.2, 0.25) is 0 Å². The van der Waals surface area contributed by atoms with E-state index < -0.39 is 0 Å². The van der Waals surface area contributed by atoms with Crippen LogP contribution in [0.25, 0.3) is 0 Å². The average Bonchev–Trinajstić information content (AvgIpc) is 2.54. The van der Waals surface area contributed by atoms with E-state index >= 15 is 0 Å². The minimum atomic E-state index is -0.255. The molecule has 0 radical (unpaired) electrons. The minimum Gasteiger partial charge on any atom is -0.462 e. The van der Waals surface area contributed by atoms with Crippen LogP contribution in [0.2, 0.25) is 0 Å². The first-order chi connectivity index (χ1) is 11.1. The maximum atomic E-state index is 11.2. The van der Waals surface area contributed by atoms with Gasteiger partial charge in [-0.05, 0) is 19.3 Å². The van der Waals surface area contributed by atoms with Crippen molar-refractivity contribution in [3.05, 3.63) is 12.2 Å². The van der Waals surface area contributed by atoms with Crippen LogP contribution in [-0.2, 0) is 9.53 Å². The highest BCUT2D eigenvalue weighted by Crippen LogP contribution is 2.21. The molecule has 0 aliphatic heterocycles. The molecule has 0 fully saturated rings. The minimum absolute atomic E-state index is 0.255. The van der Waals surface area contributed by atoms with Crippen LogP contribution in [0.4, 0.5) is 0 Å². The summed E-state index contributed by atoms with van der Waals surface area (Å²) in [6.07, 6.45) is 17.3. The lowest BCUT2D eigenvalue weighted by molar-refractivity contribution is -0.139. The third-order valence-corrected chi connectivity index (χ3v) is 4.63. The Balaban J connectivity index is 3.40. The van der Waals surface area contributed by atoms with Gasteiger partial charge < -0.3 is 4.74 Å². The Morgan fingerprint density at radius 2 is 1.39 bits per heavy atom. The van der Waals surface area contributed by atoms with Crippen molar-refractivity contribution in [2.45, 2.75) is 104 Å². The van der Waals surface area contributed by atoms with E-state index in [-0.39, 0.29) is 5.97 Å². The van der Waals surface area contributed by atoms with Gasteiger partial charge in [-0.1, -0.05) is 97.5 Å². The molecule has 0 aromatic heterocycles. The summed E-state index contributed by atoms with van der Waals surface area (Å²) < 4.78 is 5.10. The van der Waals surface area contributed by atoms with E-state index in [1.807, 2.05) is 0 Å². The molecule has 0 aromatic carbocycles. The van der Waals surface area contributed by atoms with E-state index in [1.165, 1.54) is 70.6 Å². The molecule has 2 nitrogen and oxygen atoms in total. The zero-order valence-corrected chi connectivity index (χ0v) is 16.0. The standard InChI is InChI=1S/C21H40O2/c1-5-7-8-10-13-16-20(6-2)17-14-11-9-12-15-18-23-21(22)19(3)4/h20H,3,5-18H2,1-2,4H3. The normalized spacial score (nSPS) is 12.1. The lowest BCUT2D eigenvalue weighted by atomic mass is 9.92. The fourth-order valence-electron chi connectivity index (χ4n) is 2.94. The van der Waals surface area contributed by atoms with E-state index in [0.717, 1.165) is 18.8 Å². The maximum Gasteiger partial charge on any atom is 0.333 e. The number of carbonyl (C=O) groups is 1. The fraction of sp³-hybridized carbons (Fsp3) is 0.857. The molecule has 136 valence electrons. The number of unbranched alkanes of at least 4 members (excludes halogenated alkanes) is 8. The Morgan fingerprint density at radius 3 is 1.91 bits per heavy atom. The summed E-state index contributed by atoms with van der Waals surface area (Å²) in [6.45, 7) is 10.4. The number of hydrogen-bond donors (Lipinski definition) is 0. The van der Waals surface area contributed by atoms with Crippen molar-refractivity contribution in [2.24, 2.45) is 5.92 Å². The summed E-state index contributed by atoms with van der Waals surface area (Å²) in [4.78, 5) is 11.2. The van der Waals surface area contributed by atoms with Gasteiger partial charge in [-0.15, -0.1) is 0 Å². The zero-order chi connectivity index (χ0) is 17.3. The molecule has 0 aromatic rings. The highest BCUT2D eigenvalue weighted by molar-refractivity contribution is 5.86. The Labute approximate surface area is 145 Å². The smallest absolute Gasteiger partial charge is 0.333 e. The van der Waals surface area contributed by atoms with Crippen molar-refractivity contribution >= 4 is 5.97 Å². The second-order valence-electron chi connectivity index (χ2n) is 6.95.